The van der Waals surface area contributed by atoms with Crippen molar-refractivity contribution in [2.45, 2.75) is 12.7 Å². The Morgan fingerprint density at radius 2 is 1.78 bits per heavy atom. The summed E-state index contributed by atoms with van der Waals surface area (Å²) in [4.78, 5) is 12.0. The lowest BCUT2D eigenvalue weighted by atomic mass is 10.2. The Bertz CT molecular complexity index is 938. The molecule has 0 radical (unpaired) electrons. The maximum absolute atomic E-state index is 12.7. The predicted molar refractivity (Wildman–Crippen MR) is 99.6 cm³/mol. The first-order valence-electron chi connectivity index (χ1n) is 7.82. The molecular formula is C18H14BrF3N4O. The summed E-state index contributed by atoms with van der Waals surface area (Å²) in [5.41, 5.74) is 0.671. The van der Waals surface area contributed by atoms with Crippen molar-refractivity contribution >= 4 is 33.3 Å². The number of nitrogens with one attached hydrogen (secondary N) is 2. The van der Waals surface area contributed by atoms with Gasteiger partial charge in [-0.15, -0.1) is 0 Å². The molecular weight excluding hydrogens is 425 g/mol. The van der Waals surface area contributed by atoms with Crippen LogP contribution >= 0.6 is 15.9 Å². The highest BCUT2D eigenvalue weighted by Gasteiger charge is 2.30. The van der Waals surface area contributed by atoms with Crippen molar-refractivity contribution < 1.29 is 18.0 Å². The van der Waals surface area contributed by atoms with Gasteiger partial charge in [-0.1, -0.05) is 34.1 Å². The number of carbonyl (C=O) groups is 1. The van der Waals surface area contributed by atoms with Gasteiger partial charge in [0.25, 0.3) is 0 Å². The van der Waals surface area contributed by atoms with Crippen molar-refractivity contribution in [3.63, 3.8) is 0 Å². The van der Waals surface area contributed by atoms with Crippen molar-refractivity contribution in [2.75, 3.05) is 10.6 Å². The molecule has 2 amide bonds. The molecule has 0 saturated carbocycles. The number of benzene rings is 2. The first-order valence-corrected chi connectivity index (χ1v) is 8.61. The normalized spacial score (nSPS) is 11.3. The summed E-state index contributed by atoms with van der Waals surface area (Å²) in [7, 11) is 0. The van der Waals surface area contributed by atoms with E-state index in [4.69, 9.17) is 0 Å². The second kappa shape index (κ2) is 7.83. The van der Waals surface area contributed by atoms with Crippen molar-refractivity contribution in [1.82, 2.24) is 9.78 Å². The van der Waals surface area contributed by atoms with Crippen LogP contribution in [0.25, 0.3) is 0 Å². The molecule has 0 atom stereocenters. The third-order valence-corrected chi connectivity index (χ3v) is 4.13. The third-order valence-electron chi connectivity index (χ3n) is 3.60. The van der Waals surface area contributed by atoms with E-state index in [1.165, 1.54) is 18.3 Å². The second-order valence-electron chi connectivity index (χ2n) is 5.71. The molecule has 0 aliphatic rings. The van der Waals surface area contributed by atoms with Crippen LogP contribution in [-0.2, 0) is 12.7 Å². The molecule has 2 aromatic carbocycles. The molecule has 0 unspecified atom stereocenters. The number of rotatable bonds is 4. The van der Waals surface area contributed by atoms with Gasteiger partial charge >= 0.3 is 12.2 Å². The standard InChI is InChI=1S/C18H14BrF3N4O/c19-14-6-4-12(5-7-14)10-26-11-16(9-23-26)25-17(27)24-15-3-1-2-13(8-15)18(20,21)22/h1-9,11H,10H2,(H2,24,25,27). The fourth-order valence-corrected chi connectivity index (χ4v) is 2.62. The first-order chi connectivity index (χ1) is 12.8. The molecule has 0 aliphatic carbocycles. The Labute approximate surface area is 161 Å². The molecule has 1 heterocycles. The number of halogens is 4. The molecule has 3 aromatic rings. The molecule has 0 saturated heterocycles. The summed E-state index contributed by atoms with van der Waals surface area (Å²) in [5.74, 6) is 0. The van der Waals surface area contributed by atoms with Gasteiger partial charge in [0.05, 0.1) is 24.0 Å². The lowest BCUT2D eigenvalue weighted by Crippen LogP contribution is -2.19. The number of nitrogens with zero attached hydrogens (tertiary/aromatic N) is 2. The zero-order valence-electron chi connectivity index (χ0n) is 13.8. The number of aromatic nitrogens is 2. The van der Waals surface area contributed by atoms with Crippen molar-refractivity contribution in [3.8, 4) is 0 Å². The topological polar surface area (TPSA) is 59.0 Å². The van der Waals surface area contributed by atoms with Crippen LogP contribution in [-0.4, -0.2) is 15.8 Å². The van der Waals surface area contributed by atoms with E-state index in [1.54, 1.807) is 10.9 Å². The van der Waals surface area contributed by atoms with Crippen molar-refractivity contribution in [3.05, 3.63) is 76.5 Å². The molecule has 0 spiro atoms. The highest BCUT2D eigenvalue weighted by atomic mass is 79.9. The van der Waals surface area contributed by atoms with Gasteiger partial charge in [0.15, 0.2) is 0 Å². The Morgan fingerprint density at radius 3 is 2.48 bits per heavy atom. The van der Waals surface area contributed by atoms with Gasteiger partial charge in [-0.2, -0.15) is 18.3 Å². The highest BCUT2D eigenvalue weighted by Crippen LogP contribution is 2.30. The molecule has 3 rings (SSSR count). The zero-order chi connectivity index (χ0) is 19.4. The number of amides is 2. The Kier molecular flexibility index (Phi) is 5.50. The van der Waals surface area contributed by atoms with Crippen molar-refractivity contribution in [2.24, 2.45) is 0 Å². The van der Waals surface area contributed by atoms with E-state index in [-0.39, 0.29) is 5.69 Å². The number of anilines is 2. The number of hydrogen-bond donors (Lipinski definition) is 2. The quantitative estimate of drug-likeness (QED) is 0.576. The Morgan fingerprint density at radius 1 is 1.07 bits per heavy atom. The molecule has 27 heavy (non-hydrogen) atoms. The lowest BCUT2D eigenvalue weighted by Gasteiger charge is -2.10. The molecule has 5 nitrogen and oxygen atoms in total. The van der Waals surface area contributed by atoms with Gasteiger partial charge in [0.1, 0.15) is 0 Å². The minimum Gasteiger partial charge on any atom is -0.308 e. The summed E-state index contributed by atoms with van der Waals surface area (Å²) in [6, 6.07) is 11.5. The van der Waals surface area contributed by atoms with Crippen LogP contribution in [0.2, 0.25) is 0 Å². The van der Waals surface area contributed by atoms with Gasteiger partial charge in [0, 0.05) is 16.4 Å². The number of carbonyl (C=O) groups excluding carboxylic acids is 1. The fourth-order valence-electron chi connectivity index (χ4n) is 2.36. The van der Waals surface area contributed by atoms with Crippen molar-refractivity contribution in [1.29, 1.82) is 0 Å². The summed E-state index contributed by atoms with van der Waals surface area (Å²) < 4.78 is 40.8. The van der Waals surface area contributed by atoms with E-state index in [0.717, 1.165) is 22.2 Å². The van der Waals surface area contributed by atoms with Gasteiger partial charge in [-0.25, -0.2) is 4.79 Å². The molecule has 2 N–H and O–H groups in total. The van der Waals surface area contributed by atoms with Gasteiger partial charge in [-0.3, -0.25) is 4.68 Å². The minimum absolute atomic E-state index is 0.0459. The fraction of sp³-hybridized carbons (Fsp3) is 0.111. The van der Waals surface area contributed by atoms with Gasteiger partial charge < -0.3 is 10.6 Å². The maximum atomic E-state index is 12.7. The lowest BCUT2D eigenvalue weighted by molar-refractivity contribution is -0.137. The maximum Gasteiger partial charge on any atom is 0.416 e. The van der Waals surface area contributed by atoms with Crippen LogP contribution in [0.5, 0.6) is 0 Å². The van der Waals surface area contributed by atoms with Gasteiger partial charge in [-0.05, 0) is 35.9 Å². The van der Waals surface area contributed by atoms with Gasteiger partial charge in [0.2, 0.25) is 0 Å². The summed E-state index contributed by atoms with van der Waals surface area (Å²) >= 11 is 3.37. The van der Waals surface area contributed by atoms with Crippen LogP contribution in [0.3, 0.4) is 0 Å². The molecule has 9 heteroatoms. The second-order valence-corrected chi connectivity index (χ2v) is 6.63. The molecule has 140 valence electrons. The molecule has 1 aromatic heterocycles. The summed E-state index contributed by atoms with van der Waals surface area (Å²) in [6.45, 7) is 0.518. The SMILES string of the molecule is O=C(Nc1cccc(C(F)(F)F)c1)Nc1cnn(Cc2ccc(Br)cc2)c1. The number of urea groups is 1. The van der Waals surface area contributed by atoms with E-state index in [9.17, 15) is 18.0 Å². The van der Waals surface area contributed by atoms with E-state index < -0.39 is 17.8 Å². The monoisotopic (exact) mass is 438 g/mol. The molecule has 0 fully saturated rings. The molecule has 0 aliphatic heterocycles. The minimum atomic E-state index is -4.47. The van der Waals surface area contributed by atoms with Crippen LogP contribution in [0.15, 0.2) is 65.4 Å². The number of alkyl halides is 3. The van der Waals surface area contributed by atoms with E-state index >= 15 is 0 Å². The molecule has 0 bridgehead atoms. The first kappa shape index (κ1) is 19.0. The van der Waals surface area contributed by atoms with E-state index in [1.807, 2.05) is 24.3 Å². The average Bonchev–Trinajstić information content (AvgIpc) is 3.03. The zero-order valence-corrected chi connectivity index (χ0v) is 15.4. The highest BCUT2D eigenvalue weighted by molar-refractivity contribution is 9.10. The summed E-state index contributed by atoms with van der Waals surface area (Å²) in [5, 5.41) is 9.07. The Balaban J connectivity index is 1.60. The Hall–Kier alpha value is -2.81. The van der Waals surface area contributed by atoms with Crippen LogP contribution in [0.1, 0.15) is 11.1 Å². The van der Waals surface area contributed by atoms with Crippen LogP contribution in [0, 0.1) is 0 Å². The van der Waals surface area contributed by atoms with E-state index in [0.29, 0.717) is 12.2 Å². The smallest absolute Gasteiger partial charge is 0.308 e. The van der Waals surface area contributed by atoms with Crippen LogP contribution in [0.4, 0.5) is 29.3 Å². The average molecular weight is 439 g/mol. The third kappa shape index (κ3) is 5.33. The number of hydrogen-bond acceptors (Lipinski definition) is 2. The summed E-state index contributed by atoms with van der Waals surface area (Å²) in [6.07, 6.45) is -1.37. The largest absolute Gasteiger partial charge is 0.416 e. The predicted octanol–water partition coefficient (Wildman–Crippen LogP) is 5.36. The van der Waals surface area contributed by atoms with E-state index in [2.05, 4.69) is 31.7 Å². The van der Waals surface area contributed by atoms with Crippen LogP contribution < -0.4 is 10.6 Å².